The van der Waals surface area contributed by atoms with Gasteiger partial charge in [-0.15, -0.1) is 0 Å². The molecule has 7 heteroatoms. The molecule has 0 radical (unpaired) electrons. The summed E-state index contributed by atoms with van der Waals surface area (Å²) in [5.74, 6) is 0. The molecule has 0 aliphatic carbocycles. The lowest BCUT2D eigenvalue weighted by Crippen LogP contribution is -2.41. The fourth-order valence-corrected chi connectivity index (χ4v) is 3.16. The Morgan fingerprint density at radius 1 is 1.17 bits per heavy atom. The predicted molar refractivity (Wildman–Crippen MR) is 120 cm³/mol. The molecule has 1 amide bonds. The molecule has 1 fully saturated rings. The van der Waals surface area contributed by atoms with Crippen LogP contribution in [0.25, 0.3) is 16.8 Å². The molecule has 2 heterocycles. The van der Waals surface area contributed by atoms with Crippen LogP contribution in [0.4, 0.5) is 4.79 Å². The van der Waals surface area contributed by atoms with Crippen molar-refractivity contribution < 1.29 is 18.8 Å². The maximum absolute atomic E-state index is 12.2. The molecule has 0 spiro atoms. The van der Waals surface area contributed by atoms with Crippen LogP contribution in [0.2, 0.25) is 0 Å². The van der Waals surface area contributed by atoms with Crippen molar-refractivity contribution in [3.8, 4) is 0 Å². The molecule has 160 valence electrons. The summed E-state index contributed by atoms with van der Waals surface area (Å²) in [4.78, 5) is 16.4. The molecule has 30 heavy (non-hydrogen) atoms. The van der Waals surface area contributed by atoms with Crippen molar-refractivity contribution in [1.82, 2.24) is 10.3 Å². The molecule has 2 aromatic rings. The first-order chi connectivity index (χ1) is 13.9. The Balaban J connectivity index is 1.93. The predicted octanol–water partition coefficient (Wildman–Crippen LogP) is 4.77. The van der Waals surface area contributed by atoms with Gasteiger partial charge in [0.15, 0.2) is 0 Å². The second-order valence-corrected chi connectivity index (χ2v) is 9.61. The lowest BCUT2D eigenvalue weighted by Gasteiger charge is -2.32. The minimum Gasteiger partial charge on any atom is -0.444 e. The van der Waals surface area contributed by atoms with Gasteiger partial charge in [-0.1, -0.05) is 24.3 Å². The highest BCUT2D eigenvalue weighted by Crippen LogP contribution is 2.39. The molecule has 1 aliphatic rings. The number of carbonyl (C=O) groups is 1. The molecule has 6 nitrogen and oxygen atoms in total. The number of ether oxygens (including phenoxy) is 1. The molecule has 3 rings (SSSR count). The third-order valence-corrected chi connectivity index (χ3v) is 5.45. The monoisotopic (exact) mass is 410 g/mol. The zero-order valence-corrected chi connectivity index (χ0v) is 18.9. The Kier molecular flexibility index (Phi) is 5.98. The molecular formula is C23H31BN2O4. The van der Waals surface area contributed by atoms with Crippen LogP contribution >= 0.6 is 0 Å². The van der Waals surface area contributed by atoms with Crippen LogP contribution in [-0.4, -0.2) is 41.5 Å². The van der Waals surface area contributed by atoms with Crippen LogP contribution in [0, 0.1) is 0 Å². The maximum atomic E-state index is 12.2. The van der Waals surface area contributed by atoms with E-state index in [0.717, 1.165) is 21.8 Å². The average molecular weight is 410 g/mol. The van der Waals surface area contributed by atoms with Crippen molar-refractivity contribution in [1.29, 1.82) is 0 Å². The fourth-order valence-electron chi connectivity index (χ4n) is 3.16. The number of aromatic nitrogens is 1. The van der Waals surface area contributed by atoms with Crippen molar-refractivity contribution in [2.75, 3.05) is 6.54 Å². The van der Waals surface area contributed by atoms with Gasteiger partial charge >= 0.3 is 13.2 Å². The van der Waals surface area contributed by atoms with Gasteiger partial charge in [0.05, 0.1) is 11.2 Å². The normalized spacial score (nSPS) is 18.5. The Labute approximate surface area is 179 Å². The molecule has 1 aromatic heterocycles. The van der Waals surface area contributed by atoms with Crippen molar-refractivity contribution in [2.24, 2.45) is 0 Å². The van der Waals surface area contributed by atoms with Gasteiger partial charge in [0.1, 0.15) is 5.60 Å². The van der Waals surface area contributed by atoms with Gasteiger partial charge in [0, 0.05) is 24.3 Å². The summed E-state index contributed by atoms with van der Waals surface area (Å²) < 4.78 is 17.9. The van der Waals surface area contributed by atoms with Crippen molar-refractivity contribution >= 4 is 30.1 Å². The van der Waals surface area contributed by atoms with Crippen LogP contribution in [0.1, 0.15) is 54.0 Å². The van der Waals surface area contributed by atoms with Crippen molar-refractivity contribution in [2.45, 2.75) is 65.3 Å². The second-order valence-electron chi connectivity index (χ2n) is 9.61. The average Bonchev–Trinajstić information content (AvgIpc) is 2.84. The van der Waals surface area contributed by atoms with Gasteiger partial charge < -0.3 is 19.4 Å². The summed E-state index contributed by atoms with van der Waals surface area (Å²) in [7, 11) is -0.581. The molecule has 0 atom stereocenters. The lowest BCUT2D eigenvalue weighted by atomic mass is 9.76. The first kappa shape index (κ1) is 22.3. The van der Waals surface area contributed by atoms with E-state index in [4.69, 9.17) is 14.0 Å². The van der Waals surface area contributed by atoms with Gasteiger partial charge in [0.25, 0.3) is 0 Å². The zero-order valence-electron chi connectivity index (χ0n) is 18.9. The van der Waals surface area contributed by atoms with E-state index in [-0.39, 0.29) is 6.54 Å². The molecule has 0 unspecified atom stereocenters. The standard InChI is InChI=1S/C23H31BN2O4/c1-21(2,3)28-20(27)26-15-18(24-29-22(4,5)23(6,7)30-24)13-16-9-8-10-17-14-25-12-11-19(16)17/h8-14H,15H2,1-7H3,(H,26,27). The Morgan fingerprint density at radius 3 is 2.47 bits per heavy atom. The van der Waals surface area contributed by atoms with E-state index in [0.29, 0.717) is 0 Å². The van der Waals surface area contributed by atoms with E-state index < -0.39 is 30.0 Å². The summed E-state index contributed by atoms with van der Waals surface area (Å²) in [6, 6.07) is 8.01. The highest BCUT2D eigenvalue weighted by Gasteiger charge is 2.52. The second kappa shape index (κ2) is 8.04. The summed E-state index contributed by atoms with van der Waals surface area (Å²) in [6.07, 6.45) is 5.14. The summed E-state index contributed by atoms with van der Waals surface area (Å²) in [6.45, 7) is 13.8. The van der Waals surface area contributed by atoms with Crippen LogP contribution in [0.5, 0.6) is 0 Å². The number of hydrogen-bond acceptors (Lipinski definition) is 5. The molecule has 1 N–H and O–H groups in total. The number of hydrogen-bond donors (Lipinski definition) is 1. The Hall–Kier alpha value is -2.38. The van der Waals surface area contributed by atoms with Gasteiger partial charge in [-0.3, -0.25) is 4.98 Å². The molecule has 1 aliphatic heterocycles. The zero-order chi connectivity index (χ0) is 22.2. The SMILES string of the molecule is CC(C)(C)OC(=O)NCC(=Cc1cccc2cnccc12)B1OC(C)(C)C(C)(C)O1. The van der Waals surface area contributed by atoms with Crippen molar-refractivity contribution in [3.63, 3.8) is 0 Å². The minimum atomic E-state index is -0.581. The maximum Gasteiger partial charge on any atom is 0.492 e. The summed E-state index contributed by atoms with van der Waals surface area (Å²) in [5, 5.41) is 4.95. The summed E-state index contributed by atoms with van der Waals surface area (Å²) >= 11 is 0. The summed E-state index contributed by atoms with van der Waals surface area (Å²) in [5.41, 5.74) is 0.284. The molecule has 1 aromatic carbocycles. The van der Waals surface area contributed by atoms with Gasteiger partial charge in [-0.05, 0) is 71.0 Å². The highest BCUT2D eigenvalue weighted by molar-refractivity contribution is 6.56. The Bertz CT molecular complexity index is 942. The minimum absolute atomic E-state index is 0.243. The van der Waals surface area contributed by atoms with Crippen LogP contribution < -0.4 is 5.32 Å². The van der Waals surface area contributed by atoms with E-state index in [9.17, 15) is 4.79 Å². The number of pyridine rings is 1. The van der Waals surface area contributed by atoms with Gasteiger partial charge in [-0.2, -0.15) is 0 Å². The number of rotatable bonds is 4. The van der Waals surface area contributed by atoms with E-state index >= 15 is 0 Å². The van der Waals surface area contributed by atoms with E-state index in [1.165, 1.54) is 0 Å². The largest absolute Gasteiger partial charge is 0.492 e. The third kappa shape index (κ3) is 5.02. The lowest BCUT2D eigenvalue weighted by molar-refractivity contribution is 0.00578. The van der Waals surface area contributed by atoms with E-state index in [1.54, 1.807) is 6.20 Å². The van der Waals surface area contributed by atoms with Crippen LogP contribution in [0.15, 0.2) is 42.1 Å². The van der Waals surface area contributed by atoms with E-state index in [2.05, 4.69) is 10.3 Å². The van der Waals surface area contributed by atoms with E-state index in [1.807, 2.05) is 85.0 Å². The Morgan fingerprint density at radius 2 is 1.83 bits per heavy atom. The number of benzene rings is 1. The quantitative estimate of drug-likeness (QED) is 0.735. The third-order valence-electron chi connectivity index (χ3n) is 5.45. The number of carbonyl (C=O) groups excluding carboxylic acids is 1. The first-order valence-electron chi connectivity index (χ1n) is 10.2. The number of fused-ring (bicyclic) bond motifs is 1. The van der Waals surface area contributed by atoms with Gasteiger partial charge in [0.2, 0.25) is 0 Å². The number of amides is 1. The van der Waals surface area contributed by atoms with Gasteiger partial charge in [-0.25, -0.2) is 4.79 Å². The molecular weight excluding hydrogens is 379 g/mol. The number of alkyl carbamates (subject to hydrolysis) is 1. The van der Waals surface area contributed by atoms with Crippen LogP contribution in [-0.2, 0) is 14.0 Å². The smallest absolute Gasteiger partial charge is 0.444 e. The highest BCUT2D eigenvalue weighted by atomic mass is 16.7. The first-order valence-corrected chi connectivity index (χ1v) is 10.2. The molecule has 1 saturated heterocycles. The number of nitrogens with zero attached hydrogens (tertiary/aromatic N) is 1. The number of nitrogens with one attached hydrogen (secondary N) is 1. The fraction of sp³-hybridized carbons (Fsp3) is 0.478. The topological polar surface area (TPSA) is 69.7 Å². The van der Waals surface area contributed by atoms with Crippen LogP contribution in [0.3, 0.4) is 0 Å². The molecule has 0 bridgehead atoms. The molecule has 0 saturated carbocycles. The van der Waals surface area contributed by atoms with Crippen molar-refractivity contribution in [3.05, 3.63) is 47.7 Å².